The number of ether oxygens (including phenoxy) is 1. The molecule has 0 spiro atoms. The Kier molecular flexibility index (Phi) is 8.90. The van der Waals surface area contributed by atoms with Crippen LogP contribution in [0.15, 0.2) is 0 Å². The van der Waals surface area contributed by atoms with Crippen molar-refractivity contribution in [1.82, 2.24) is 10.2 Å². The van der Waals surface area contributed by atoms with E-state index in [4.69, 9.17) is 15.6 Å². The monoisotopic (exact) mass is 275 g/mol. The number of nitrogens with zero attached hydrogens (tertiary/aromatic N) is 1. The molecule has 19 heavy (non-hydrogen) atoms. The molecule has 0 aliphatic rings. The van der Waals surface area contributed by atoms with E-state index in [-0.39, 0.29) is 25.0 Å². The molecule has 0 saturated carbocycles. The maximum Gasteiger partial charge on any atom is 0.312 e. The minimum absolute atomic E-state index is 0.138. The van der Waals surface area contributed by atoms with Gasteiger partial charge in [-0.25, -0.2) is 4.79 Å². The van der Waals surface area contributed by atoms with E-state index in [1.165, 1.54) is 12.0 Å². The summed E-state index contributed by atoms with van der Waals surface area (Å²) in [6, 6.07) is -1.39. The number of methoxy groups -OCH3 is 1. The smallest absolute Gasteiger partial charge is 0.312 e. The van der Waals surface area contributed by atoms with Crippen molar-refractivity contribution in [3.05, 3.63) is 0 Å². The normalized spacial score (nSPS) is 12.3. The van der Waals surface area contributed by atoms with Gasteiger partial charge in [0.05, 0.1) is 13.2 Å². The third kappa shape index (κ3) is 7.63. The summed E-state index contributed by atoms with van der Waals surface area (Å²) in [5.41, 5.74) is 5.09. The summed E-state index contributed by atoms with van der Waals surface area (Å²) >= 11 is 0. The van der Waals surface area contributed by atoms with Gasteiger partial charge in [0.2, 0.25) is 5.91 Å². The van der Waals surface area contributed by atoms with Gasteiger partial charge in [-0.1, -0.05) is 13.8 Å². The lowest BCUT2D eigenvalue weighted by Gasteiger charge is -2.27. The average molecular weight is 275 g/mol. The van der Waals surface area contributed by atoms with E-state index >= 15 is 0 Å². The van der Waals surface area contributed by atoms with E-state index in [0.29, 0.717) is 19.6 Å². The van der Waals surface area contributed by atoms with Crippen LogP contribution in [0.2, 0.25) is 0 Å². The summed E-state index contributed by atoms with van der Waals surface area (Å²) in [7, 11) is 1.54. The highest BCUT2D eigenvalue weighted by molar-refractivity contribution is 5.86. The predicted octanol–water partition coefficient (Wildman–Crippen LogP) is -0.463. The maximum absolute atomic E-state index is 12.3. The highest BCUT2D eigenvalue weighted by Gasteiger charge is 2.25. The molecule has 0 aliphatic carbocycles. The Morgan fingerprint density at radius 1 is 1.37 bits per heavy atom. The molecule has 0 aromatic carbocycles. The number of nitrogens with one attached hydrogen (secondary N) is 1. The first-order valence-corrected chi connectivity index (χ1v) is 6.36. The lowest BCUT2D eigenvalue weighted by atomic mass is 10.0. The van der Waals surface area contributed by atoms with Crippen LogP contribution in [0, 0.1) is 5.92 Å². The number of urea groups is 1. The van der Waals surface area contributed by atoms with Gasteiger partial charge in [0, 0.05) is 20.2 Å². The van der Waals surface area contributed by atoms with Crippen molar-refractivity contribution < 1.29 is 19.4 Å². The molecule has 1 unspecified atom stereocenters. The number of amides is 3. The largest absolute Gasteiger partial charge is 0.395 e. The Hall–Kier alpha value is -1.34. The second-order valence-electron chi connectivity index (χ2n) is 4.73. The molecule has 112 valence electrons. The lowest BCUT2D eigenvalue weighted by molar-refractivity contribution is -0.134. The van der Waals surface area contributed by atoms with Crippen LogP contribution in [0.25, 0.3) is 0 Å². The van der Waals surface area contributed by atoms with Crippen LogP contribution in [-0.4, -0.2) is 61.4 Å². The molecule has 4 N–H and O–H groups in total. The van der Waals surface area contributed by atoms with Crippen LogP contribution in [0.4, 0.5) is 4.79 Å². The number of hydrogen-bond donors (Lipinski definition) is 3. The summed E-state index contributed by atoms with van der Waals surface area (Å²) in [6.07, 6.45) is 0.497. The molecule has 0 heterocycles. The number of aliphatic hydroxyl groups is 1. The van der Waals surface area contributed by atoms with E-state index in [2.05, 4.69) is 5.32 Å². The lowest BCUT2D eigenvalue weighted by Crippen LogP contribution is -2.51. The van der Waals surface area contributed by atoms with Crippen LogP contribution in [0.1, 0.15) is 20.3 Å². The molecule has 0 aliphatic heterocycles. The Balaban J connectivity index is 4.72. The van der Waals surface area contributed by atoms with Crippen LogP contribution in [0.5, 0.6) is 0 Å². The van der Waals surface area contributed by atoms with Crippen LogP contribution in [0.3, 0.4) is 0 Å². The number of primary amides is 1. The highest BCUT2D eigenvalue weighted by Crippen LogP contribution is 2.08. The topological polar surface area (TPSA) is 105 Å². The zero-order valence-electron chi connectivity index (χ0n) is 11.9. The van der Waals surface area contributed by atoms with E-state index in [9.17, 15) is 9.59 Å². The Bertz CT molecular complexity index is 284. The third-order valence-electron chi connectivity index (χ3n) is 2.57. The first kappa shape index (κ1) is 17.7. The van der Waals surface area contributed by atoms with Crippen molar-refractivity contribution in [1.29, 1.82) is 0 Å². The molecular formula is C12H25N3O4. The van der Waals surface area contributed by atoms with Gasteiger partial charge in [0.15, 0.2) is 0 Å². The van der Waals surface area contributed by atoms with Crippen molar-refractivity contribution in [3.63, 3.8) is 0 Å². The highest BCUT2D eigenvalue weighted by atomic mass is 16.5. The van der Waals surface area contributed by atoms with Gasteiger partial charge in [-0.2, -0.15) is 0 Å². The van der Waals surface area contributed by atoms with Crippen LogP contribution in [-0.2, 0) is 9.53 Å². The fourth-order valence-corrected chi connectivity index (χ4v) is 1.74. The van der Waals surface area contributed by atoms with Gasteiger partial charge in [0.25, 0.3) is 0 Å². The Labute approximate surface area is 114 Å². The zero-order chi connectivity index (χ0) is 14.8. The fourth-order valence-electron chi connectivity index (χ4n) is 1.74. The second kappa shape index (κ2) is 9.57. The minimum atomic E-state index is -0.727. The number of carbonyl (C=O) groups is 2. The number of rotatable bonds is 9. The van der Waals surface area contributed by atoms with Crippen molar-refractivity contribution >= 4 is 11.9 Å². The third-order valence-corrected chi connectivity index (χ3v) is 2.57. The predicted molar refractivity (Wildman–Crippen MR) is 71.5 cm³/mol. The summed E-state index contributed by atoms with van der Waals surface area (Å²) in [5, 5.41) is 11.4. The van der Waals surface area contributed by atoms with Crippen molar-refractivity contribution in [2.75, 3.05) is 33.4 Å². The molecule has 3 amide bonds. The van der Waals surface area contributed by atoms with E-state index in [1.54, 1.807) is 0 Å². The van der Waals surface area contributed by atoms with Crippen molar-refractivity contribution in [2.45, 2.75) is 26.3 Å². The van der Waals surface area contributed by atoms with Gasteiger partial charge in [-0.05, 0) is 12.3 Å². The minimum Gasteiger partial charge on any atom is -0.395 e. The van der Waals surface area contributed by atoms with Gasteiger partial charge in [0.1, 0.15) is 6.04 Å². The summed E-state index contributed by atoms with van der Waals surface area (Å²) in [4.78, 5) is 24.7. The summed E-state index contributed by atoms with van der Waals surface area (Å²) < 4.78 is 4.92. The summed E-state index contributed by atoms with van der Waals surface area (Å²) in [5.74, 6) is -0.0159. The number of nitrogens with two attached hydrogens (primary N) is 1. The molecule has 0 bridgehead atoms. The summed E-state index contributed by atoms with van der Waals surface area (Å²) in [6.45, 7) is 4.71. The van der Waals surface area contributed by atoms with Gasteiger partial charge >= 0.3 is 6.03 Å². The van der Waals surface area contributed by atoms with E-state index < -0.39 is 12.1 Å². The second-order valence-corrected chi connectivity index (χ2v) is 4.73. The molecule has 0 fully saturated rings. The van der Waals surface area contributed by atoms with E-state index in [1.807, 2.05) is 13.8 Å². The quantitative estimate of drug-likeness (QED) is 0.529. The number of hydrogen-bond acceptors (Lipinski definition) is 4. The number of carbonyl (C=O) groups excluding carboxylic acids is 2. The molecule has 7 heteroatoms. The SMILES string of the molecule is COCCN(CCO)C(=O)C(CC(C)C)NC(N)=O. The number of aliphatic hydroxyl groups excluding tert-OH is 1. The molecule has 0 aromatic heterocycles. The van der Waals surface area contributed by atoms with Gasteiger partial charge in [-0.15, -0.1) is 0 Å². The van der Waals surface area contributed by atoms with E-state index in [0.717, 1.165) is 0 Å². The van der Waals surface area contributed by atoms with Gasteiger partial charge in [-0.3, -0.25) is 4.79 Å². The van der Waals surface area contributed by atoms with Crippen LogP contribution < -0.4 is 11.1 Å². The average Bonchev–Trinajstić information content (AvgIpc) is 2.31. The molecule has 0 rings (SSSR count). The molecule has 0 aromatic rings. The molecule has 0 saturated heterocycles. The van der Waals surface area contributed by atoms with Crippen molar-refractivity contribution in [2.24, 2.45) is 11.7 Å². The first-order valence-electron chi connectivity index (χ1n) is 6.36. The maximum atomic E-state index is 12.3. The fraction of sp³-hybridized carbons (Fsp3) is 0.833. The first-order chi connectivity index (χ1) is 8.92. The zero-order valence-corrected chi connectivity index (χ0v) is 11.9. The molecule has 1 atom stereocenters. The Morgan fingerprint density at radius 3 is 2.42 bits per heavy atom. The molecule has 0 radical (unpaired) electrons. The van der Waals surface area contributed by atoms with Crippen molar-refractivity contribution in [3.8, 4) is 0 Å². The van der Waals surface area contributed by atoms with Gasteiger partial charge < -0.3 is 25.8 Å². The standard InChI is InChI=1S/C12H25N3O4/c1-9(2)8-10(14-12(13)18)11(17)15(4-6-16)5-7-19-3/h9-10,16H,4-8H2,1-3H3,(H3,13,14,18). The van der Waals surface area contributed by atoms with Crippen LogP contribution >= 0.6 is 0 Å². The molecule has 7 nitrogen and oxygen atoms in total. The Morgan fingerprint density at radius 2 is 2.00 bits per heavy atom. The molecular weight excluding hydrogens is 250 g/mol.